The van der Waals surface area contributed by atoms with Crippen LogP contribution in [0.15, 0.2) is 23.1 Å². The van der Waals surface area contributed by atoms with Crippen molar-refractivity contribution in [3.8, 4) is 5.75 Å². The minimum Gasteiger partial charge on any atom is -0.495 e. The van der Waals surface area contributed by atoms with Crippen LogP contribution in [-0.2, 0) is 10.0 Å². The molecule has 2 aliphatic rings. The minimum atomic E-state index is -3.72. The van der Waals surface area contributed by atoms with Crippen molar-refractivity contribution in [1.82, 2.24) is 9.21 Å². The lowest BCUT2D eigenvalue weighted by Gasteiger charge is -2.34. The predicted octanol–water partition coefficient (Wildman–Crippen LogP) is 3.27. The van der Waals surface area contributed by atoms with Crippen molar-refractivity contribution < 1.29 is 17.9 Å². The van der Waals surface area contributed by atoms with Gasteiger partial charge in [0, 0.05) is 30.7 Å². The minimum absolute atomic E-state index is 0.0464. The Bertz CT molecular complexity index is 793. The van der Waals surface area contributed by atoms with Gasteiger partial charge in [-0.1, -0.05) is 6.42 Å². The molecule has 6 nitrogen and oxygen atoms in total. The highest BCUT2D eigenvalue weighted by Gasteiger charge is 2.34. The number of piperidine rings is 2. The van der Waals surface area contributed by atoms with Gasteiger partial charge in [-0.25, -0.2) is 8.42 Å². The van der Waals surface area contributed by atoms with E-state index in [0.717, 1.165) is 45.1 Å². The number of amides is 1. The van der Waals surface area contributed by atoms with Crippen LogP contribution in [0, 0.1) is 0 Å². The van der Waals surface area contributed by atoms with Gasteiger partial charge in [0.15, 0.2) is 0 Å². The van der Waals surface area contributed by atoms with Crippen LogP contribution in [0.4, 0.5) is 0 Å². The first-order valence-electron chi connectivity index (χ1n) is 9.87. The molecule has 0 aromatic heterocycles. The number of rotatable bonds is 4. The summed E-state index contributed by atoms with van der Waals surface area (Å²) in [5, 5.41) is 0. The number of carbonyl (C=O) groups excluding carboxylic acids is 1. The van der Waals surface area contributed by atoms with Crippen LogP contribution in [0.25, 0.3) is 0 Å². The average Bonchev–Trinajstić information content (AvgIpc) is 2.67. The van der Waals surface area contributed by atoms with Gasteiger partial charge in [0.2, 0.25) is 10.0 Å². The lowest BCUT2D eigenvalue weighted by Crippen LogP contribution is -2.43. The van der Waals surface area contributed by atoms with Gasteiger partial charge in [0.25, 0.3) is 5.91 Å². The van der Waals surface area contributed by atoms with Gasteiger partial charge < -0.3 is 9.64 Å². The molecule has 3 rings (SSSR count). The highest BCUT2D eigenvalue weighted by molar-refractivity contribution is 7.89. The molecule has 1 aromatic rings. The molecule has 0 bridgehead atoms. The number of benzene rings is 1. The van der Waals surface area contributed by atoms with Crippen molar-refractivity contribution >= 4 is 15.9 Å². The third kappa shape index (κ3) is 3.99. The Labute approximate surface area is 162 Å². The topological polar surface area (TPSA) is 66.9 Å². The number of ether oxygens (including phenoxy) is 1. The number of sulfonamides is 1. The highest BCUT2D eigenvalue weighted by Crippen LogP contribution is 2.32. The molecule has 150 valence electrons. The molecule has 7 heteroatoms. The van der Waals surface area contributed by atoms with E-state index in [1.165, 1.54) is 13.2 Å². The number of hydrogen-bond acceptors (Lipinski definition) is 4. The van der Waals surface area contributed by atoms with E-state index in [2.05, 4.69) is 0 Å². The lowest BCUT2D eigenvalue weighted by atomic mass is 10.0. The van der Waals surface area contributed by atoms with E-state index in [1.54, 1.807) is 16.4 Å². The van der Waals surface area contributed by atoms with Crippen LogP contribution in [0.5, 0.6) is 5.75 Å². The fourth-order valence-corrected chi connectivity index (χ4v) is 6.01. The molecular formula is C20H30N2O4S. The molecule has 1 amide bonds. The molecule has 2 aliphatic heterocycles. The monoisotopic (exact) mass is 394 g/mol. The third-order valence-electron chi connectivity index (χ3n) is 5.80. The van der Waals surface area contributed by atoms with Gasteiger partial charge in [-0.15, -0.1) is 0 Å². The zero-order valence-corrected chi connectivity index (χ0v) is 17.3. The van der Waals surface area contributed by atoms with E-state index in [0.29, 0.717) is 12.1 Å². The molecule has 1 aromatic carbocycles. The van der Waals surface area contributed by atoms with E-state index >= 15 is 0 Å². The molecule has 2 heterocycles. The number of methoxy groups -OCH3 is 1. The summed E-state index contributed by atoms with van der Waals surface area (Å²) in [7, 11) is -2.26. The van der Waals surface area contributed by atoms with Crippen LogP contribution in [0.2, 0.25) is 0 Å². The zero-order chi connectivity index (χ0) is 19.6. The van der Waals surface area contributed by atoms with Crippen LogP contribution >= 0.6 is 0 Å². The molecule has 0 saturated carbocycles. The molecule has 0 N–H and O–H groups in total. The molecule has 2 saturated heterocycles. The average molecular weight is 395 g/mol. The summed E-state index contributed by atoms with van der Waals surface area (Å²) in [6, 6.07) is 4.90. The highest BCUT2D eigenvalue weighted by atomic mass is 32.2. The van der Waals surface area contributed by atoms with Gasteiger partial charge in [0.1, 0.15) is 10.6 Å². The van der Waals surface area contributed by atoms with E-state index in [1.807, 2.05) is 18.7 Å². The normalized spacial score (nSPS) is 24.6. The smallest absolute Gasteiger partial charge is 0.254 e. The lowest BCUT2D eigenvalue weighted by molar-refractivity contribution is 0.0635. The van der Waals surface area contributed by atoms with Crippen molar-refractivity contribution in [2.45, 2.75) is 69.4 Å². The van der Waals surface area contributed by atoms with E-state index in [-0.39, 0.29) is 28.6 Å². The van der Waals surface area contributed by atoms with Crippen LogP contribution in [0.1, 0.15) is 62.7 Å². The van der Waals surface area contributed by atoms with Crippen LogP contribution in [-0.4, -0.2) is 55.8 Å². The van der Waals surface area contributed by atoms with Crippen molar-refractivity contribution in [2.24, 2.45) is 0 Å². The summed E-state index contributed by atoms with van der Waals surface area (Å²) >= 11 is 0. The summed E-state index contributed by atoms with van der Waals surface area (Å²) in [6.45, 7) is 5.21. The molecule has 0 spiro atoms. The Balaban J connectivity index is 1.97. The van der Waals surface area contributed by atoms with Crippen molar-refractivity contribution in [1.29, 1.82) is 0 Å². The number of hydrogen-bond donors (Lipinski definition) is 0. The fraction of sp³-hybridized carbons (Fsp3) is 0.650. The van der Waals surface area contributed by atoms with Crippen molar-refractivity contribution in [2.75, 3.05) is 20.2 Å². The maximum Gasteiger partial charge on any atom is 0.254 e. The summed E-state index contributed by atoms with van der Waals surface area (Å²) in [5.74, 6) is 0.184. The largest absolute Gasteiger partial charge is 0.495 e. The maximum atomic E-state index is 13.3. The molecule has 2 fully saturated rings. The second-order valence-corrected chi connectivity index (χ2v) is 9.53. The molecular weight excluding hydrogens is 364 g/mol. The summed E-state index contributed by atoms with van der Waals surface area (Å²) in [5.41, 5.74) is 0.410. The second-order valence-electron chi connectivity index (χ2n) is 7.67. The zero-order valence-electron chi connectivity index (χ0n) is 16.5. The quantitative estimate of drug-likeness (QED) is 0.786. The van der Waals surface area contributed by atoms with Crippen molar-refractivity contribution in [3.63, 3.8) is 0 Å². The summed E-state index contributed by atoms with van der Waals surface area (Å²) < 4.78 is 33.5. The molecule has 0 radical (unpaired) electrons. The predicted molar refractivity (Wildman–Crippen MR) is 105 cm³/mol. The molecule has 0 aliphatic carbocycles. The third-order valence-corrected chi connectivity index (χ3v) is 7.84. The standard InChI is InChI=1S/C20H30N2O4S/c1-15-8-4-6-12-21(15)20(23)17-10-11-18(26-3)19(14-17)27(24,25)22-13-7-5-9-16(22)2/h10-11,14-16H,4-9,12-13H2,1-3H3. The van der Waals surface area contributed by atoms with Gasteiger partial charge in [-0.05, 0) is 64.2 Å². The number of nitrogens with zero attached hydrogens (tertiary/aromatic N) is 2. The Hall–Kier alpha value is -1.60. The van der Waals surface area contributed by atoms with Crippen LogP contribution in [0.3, 0.4) is 0 Å². The Morgan fingerprint density at radius 3 is 2.33 bits per heavy atom. The van der Waals surface area contributed by atoms with Gasteiger partial charge in [-0.3, -0.25) is 4.79 Å². The molecule has 2 unspecified atom stereocenters. The van der Waals surface area contributed by atoms with Gasteiger partial charge in [-0.2, -0.15) is 4.31 Å². The van der Waals surface area contributed by atoms with E-state index in [4.69, 9.17) is 4.74 Å². The maximum absolute atomic E-state index is 13.3. The SMILES string of the molecule is COc1ccc(C(=O)N2CCCCC2C)cc1S(=O)(=O)N1CCCCC1C. The number of likely N-dealkylation sites (tertiary alicyclic amines) is 1. The van der Waals surface area contributed by atoms with Crippen LogP contribution < -0.4 is 4.74 Å². The Morgan fingerprint density at radius 1 is 1.04 bits per heavy atom. The molecule has 2 atom stereocenters. The Morgan fingerprint density at radius 2 is 1.70 bits per heavy atom. The second kappa shape index (κ2) is 8.19. The summed E-state index contributed by atoms with van der Waals surface area (Å²) in [4.78, 5) is 15.0. The Kier molecular flexibility index (Phi) is 6.11. The van der Waals surface area contributed by atoms with E-state index < -0.39 is 10.0 Å². The van der Waals surface area contributed by atoms with E-state index in [9.17, 15) is 13.2 Å². The van der Waals surface area contributed by atoms with Gasteiger partial charge >= 0.3 is 0 Å². The molecule has 27 heavy (non-hydrogen) atoms. The first-order chi connectivity index (χ1) is 12.9. The van der Waals surface area contributed by atoms with Crippen molar-refractivity contribution in [3.05, 3.63) is 23.8 Å². The fourth-order valence-electron chi connectivity index (χ4n) is 4.13. The summed E-state index contributed by atoms with van der Waals surface area (Å²) in [6.07, 6.45) is 5.85. The first kappa shape index (κ1) is 20.1. The first-order valence-corrected chi connectivity index (χ1v) is 11.3. The van der Waals surface area contributed by atoms with Gasteiger partial charge in [0.05, 0.1) is 7.11 Å². The number of carbonyl (C=O) groups is 1.